The van der Waals surface area contributed by atoms with E-state index in [-0.39, 0.29) is 12.1 Å². The van der Waals surface area contributed by atoms with E-state index in [9.17, 15) is 4.79 Å². The standard InChI is InChI=1S/C14H25N3O2/c1-11-8-12(9-16-7-5-6-15)17(10-11)13(18)19-14(2,3)4/h5-7,11-12H,8-10,15H2,1-4H3/b6-5-,16-7?/t11-,12+/m1/s1. The number of carbonyl (C=O) groups is 1. The summed E-state index contributed by atoms with van der Waals surface area (Å²) in [6.45, 7) is 9.10. The summed E-state index contributed by atoms with van der Waals surface area (Å²) in [5.74, 6) is 0.484. The molecule has 108 valence electrons. The third kappa shape index (κ3) is 5.32. The van der Waals surface area contributed by atoms with Crippen LogP contribution >= 0.6 is 0 Å². The summed E-state index contributed by atoms with van der Waals surface area (Å²) in [6, 6.07) is 0.118. The van der Waals surface area contributed by atoms with Crippen LogP contribution in [-0.4, -0.2) is 41.9 Å². The molecule has 1 rings (SSSR count). The van der Waals surface area contributed by atoms with Crippen molar-refractivity contribution in [2.75, 3.05) is 13.1 Å². The lowest BCUT2D eigenvalue weighted by Gasteiger charge is -2.27. The molecule has 1 aliphatic heterocycles. The van der Waals surface area contributed by atoms with Crippen molar-refractivity contribution in [3.63, 3.8) is 0 Å². The van der Waals surface area contributed by atoms with Gasteiger partial charge < -0.3 is 15.4 Å². The summed E-state index contributed by atoms with van der Waals surface area (Å²) in [5, 5.41) is 0. The quantitative estimate of drug-likeness (QED) is 0.797. The zero-order chi connectivity index (χ0) is 14.5. The van der Waals surface area contributed by atoms with Gasteiger partial charge in [-0.05, 0) is 45.4 Å². The topological polar surface area (TPSA) is 67.9 Å². The van der Waals surface area contributed by atoms with Crippen molar-refractivity contribution < 1.29 is 9.53 Å². The average Bonchev–Trinajstić information content (AvgIpc) is 2.64. The van der Waals surface area contributed by atoms with Crippen molar-refractivity contribution >= 4 is 12.3 Å². The molecule has 0 spiro atoms. The molecule has 0 aromatic heterocycles. The first-order valence-corrected chi connectivity index (χ1v) is 6.70. The number of aliphatic imine (C=N–C) groups is 1. The summed E-state index contributed by atoms with van der Waals surface area (Å²) in [7, 11) is 0. The molecule has 0 saturated carbocycles. The van der Waals surface area contributed by atoms with Crippen LogP contribution in [0.1, 0.15) is 34.1 Å². The van der Waals surface area contributed by atoms with Crippen LogP contribution in [0.25, 0.3) is 0 Å². The zero-order valence-corrected chi connectivity index (χ0v) is 12.3. The molecule has 1 amide bonds. The van der Waals surface area contributed by atoms with E-state index in [2.05, 4.69) is 11.9 Å². The van der Waals surface area contributed by atoms with Crippen molar-refractivity contribution in [1.82, 2.24) is 4.90 Å². The fourth-order valence-corrected chi connectivity index (χ4v) is 2.16. The second-order valence-electron chi connectivity index (χ2n) is 6.03. The Balaban J connectivity index is 2.61. The molecule has 2 N–H and O–H groups in total. The van der Waals surface area contributed by atoms with E-state index < -0.39 is 5.60 Å². The zero-order valence-electron chi connectivity index (χ0n) is 12.3. The maximum absolute atomic E-state index is 12.1. The second kappa shape index (κ2) is 6.59. The van der Waals surface area contributed by atoms with E-state index in [0.29, 0.717) is 12.5 Å². The van der Waals surface area contributed by atoms with Gasteiger partial charge in [0.05, 0.1) is 12.6 Å². The van der Waals surface area contributed by atoms with Crippen molar-refractivity contribution in [2.24, 2.45) is 16.6 Å². The van der Waals surface area contributed by atoms with Crippen molar-refractivity contribution in [3.05, 3.63) is 12.3 Å². The SMILES string of the molecule is C[C@@H]1C[C@@H](CN=C/C=C\N)N(C(=O)OC(C)(C)C)C1. The fraction of sp³-hybridized carbons (Fsp3) is 0.714. The molecular weight excluding hydrogens is 242 g/mol. The molecule has 0 unspecified atom stereocenters. The van der Waals surface area contributed by atoms with Gasteiger partial charge >= 0.3 is 6.09 Å². The Morgan fingerprint density at radius 2 is 2.21 bits per heavy atom. The highest BCUT2D eigenvalue weighted by molar-refractivity contribution is 5.71. The van der Waals surface area contributed by atoms with E-state index in [0.717, 1.165) is 13.0 Å². The average molecular weight is 267 g/mol. The number of rotatable bonds is 3. The van der Waals surface area contributed by atoms with Gasteiger partial charge in [0.15, 0.2) is 0 Å². The molecule has 5 heteroatoms. The number of ether oxygens (including phenoxy) is 1. The van der Waals surface area contributed by atoms with Crippen LogP contribution in [0.4, 0.5) is 4.79 Å². The molecule has 0 radical (unpaired) electrons. The number of hydrogen-bond acceptors (Lipinski definition) is 4. The van der Waals surface area contributed by atoms with Gasteiger partial charge in [-0.1, -0.05) is 6.92 Å². The first-order valence-electron chi connectivity index (χ1n) is 6.70. The number of allylic oxidation sites excluding steroid dienone is 1. The Kier molecular flexibility index (Phi) is 5.39. The van der Waals surface area contributed by atoms with Crippen LogP contribution < -0.4 is 5.73 Å². The predicted octanol–water partition coefficient (Wildman–Crippen LogP) is 2.18. The molecule has 1 saturated heterocycles. The van der Waals surface area contributed by atoms with E-state index in [1.165, 1.54) is 6.20 Å². The number of likely N-dealkylation sites (tertiary alicyclic amines) is 1. The summed E-state index contributed by atoms with van der Waals surface area (Å²) >= 11 is 0. The Morgan fingerprint density at radius 1 is 1.53 bits per heavy atom. The Hall–Kier alpha value is -1.52. The Morgan fingerprint density at radius 3 is 2.79 bits per heavy atom. The molecule has 2 atom stereocenters. The van der Waals surface area contributed by atoms with Crippen LogP contribution in [0.15, 0.2) is 17.3 Å². The Labute approximate surface area is 115 Å². The summed E-state index contributed by atoms with van der Waals surface area (Å²) < 4.78 is 5.43. The smallest absolute Gasteiger partial charge is 0.410 e. The third-order valence-electron chi connectivity index (χ3n) is 2.87. The number of hydrogen-bond donors (Lipinski definition) is 1. The van der Waals surface area contributed by atoms with Crippen molar-refractivity contribution in [3.8, 4) is 0 Å². The maximum Gasteiger partial charge on any atom is 0.410 e. The van der Waals surface area contributed by atoms with Gasteiger partial charge in [-0.15, -0.1) is 0 Å². The fourth-order valence-electron chi connectivity index (χ4n) is 2.16. The normalized spacial score (nSPS) is 24.5. The van der Waals surface area contributed by atoms with Gasteiger partial charge in [-0.2, -0.15) is 0 Å². The first-order chi connectivity index (χ1) is 8.83. The minimum atomic E-state index is -0.459. The minimum absolute atomic E-state index is 0.118. The van der Waals surface area contributed by atoms with Crippen LogP contribution in [0.2, 0.25) is 0 Å². The lowest BCUT2D eigenvalue weighted by Crippen LogP contribution is -2.41. The largest absolute Gasteiger partial charge is 0.444 e. The lowest BCUT2D eigenvalue weighted by molar-refractivity contribution is 0.0228. The van der Waals surface area contributed by atoms with Crippen LogP contribution in [0.3, 0.4) is 0 Å². The lowest BCUT2D eigenvalue weighted by atomic mass is 10.1. The highest BCUT2D eigenvalue weighted by atomic mass is 16.6. The molecule has 19 heavy (non-hydrogen) atoms. The second-order valence-corrected chi connectivity index (χ2v) is 6.03. The molecule has 0 aliphatic carbocycles. The molecule has 0 aromatic rings. The van der Waals surface area contributed by atoms with Gasteiger partial charge in [0.25, 0.3) is 0 Å². The highest BCUT2D eigenvalue weighted by Crippen LogP contribution is 2.25. The predicted molar refractivity (Wildman–Crippen MR) is 77.2 cm³/mol. The van der Waals surface area contributed by atoms with Gasteiger partial charge in [0.1, 0.15) is 5.60 Å². The molecule has 1 heterocycles. The summed E-state index contributed by atoms with van der Waals surface area (Å²) in [6.07, 6.45) is 5.49. The number of nitrogens with two attached hydrogens (primary N) is 1. The van der Waals surface area contributed by atoms with Crippen molar-refractivity contribution in [1.29, 1.82) is 0 Å². The van der Waals surface area contributed by atoms with Crippen LogP contribution in [-0.2, 0) is 4.74 Å². The van der Waals surface area contributed by atoms with E-state index in [1.54, 1.807) is 17.2 Å². The highest BCUT2D eigenvalue weighted by Gasteiger charge is 2.35. The monoisotopic (exact) mass is 267 g/mol. The van der Waals surface area contributed by atoms with E-state index >= 15 is 0 Å². The van der Waals surface area contributed by atoms with Gasteiger partial charge in [0, 0.05) is 12.8 Å². The van der Waals surface area contributed by atoms with Crippen LogP contribution in [0.5, 0.6) is 0 Å². The summed E-state index contributed by atoms with van der Waals surface area (Å²) in [4.78, 5) is 18.2. The molecule has 1 fully saturated rings. The number of carbonyl (C=O) groups excluding carboxylic acids is 1. The van der Waals surface area contributed by atoms with Gasteiger partial charge in [0.2, 0.25) is 0 Å². The first kappa shape index (κ1) is 15.5. The molecule has 0 bridgehead atoms. The van der Waals surface area contributed by atoms with Gasteiger partial charge in [-0.25, -0.2) is 4.79 Å². The summed E-state index contributed by atoms with van der Waals surface area (Å²) in [5.41, 5.74) is 4.77. The third-order valence-corrected chi connectivity index (χ3v) is 2.87. The van der Waals surface area contributed by atoms with Crippen molar-refractivity contribution in [2.45, 2.75) is 45.8 Å². The van der Waals surface area contributed by atoms with E-state index in [1.807, 2.05) is 20.8 Å². The maximum atomic E-state index is 12.1. The number of nitrogens with zero attached hydrogens (tertiary/aromatic N) is 2. The Bertz CT molecular complexity index is 358. The van der Waals surface area contributed by atoms with E-state index in [4.69, 9.17) is 10.5 Å². The van der Waals surface area contributed by atoms with Crippen LogP contribution in [0, 0.1) is 5.92 Å². The number of amides is 1. The van der Waals surface area contributed by atoms with Gasteiger partial charge in [-0.3, -0.25) is 4.99 Å². The molecular formula is C14H25N3O2. The molecule has 1 aliphatic rings. The minimum Gasteiger partial charge on any atom is -0.444 e. The molecule has 0 aromatic carbocycles. The molecule has 5 nitrogen and oxygen atoms in total.